The molecule has 9 rings (SSSR count). The van der Waals surface area contributed by atoms with E-state index in [-0.39, 0.29) is 0 Å². The number of rotatable bonds is 3. The number of halogens is 2. The molecule has 0 heterocycles. The third-order valence-corrected chi connectivity index (χ3v) is 13.4. The van der Waals surface area contributed by atoms with Crippen LogP contribution in [-0.2, 0) is 18.9 Å². The molecular weight excluding hydrogens is 715 g/mol. The monoisotopic (exact) mass is 746 g/mol. The van der Waals surface area contributed by atoms with Crippen LogP contribution in [0.25, 0.3) is 54.2 Å². The fourth-order valence-corrected chi connectivity index (χ4v) is 11.1. The molecule has 0 spiro atoms. The molecule has 0 atom stereocenters. The van der Waals surface area contributed by atoms with Gasteiger partial charge < -0.3 is 0 Å². The third-order valence-electron chi connectivity index (χ3n) is 8.81. The SMILES string of the molecule is Cc1cc2c(-c3cccc4ccccc34)cccc2[cH-]1.[Cl][Zr]([Cl])=[C](c1ccccc1)c1ccccc1.c1ccc2c(c1)[cH-]c1ccccc12. The number of hydrogen-bond donors (Lipinski definition) is 0. The average molecular weight is 749 g/mol. The first kappa shape index (κ1) is 33.1. The van der Waals surface area contributed by atoms with Crippen LogP contribution in [-0.4, -0.2) is 3.21 Å². The van der Waals surface area contributed by atoms with Crippen LogP contribution in [0.5, 0.6) is 0 Å². The van der Waals surface area contributed by atoms with E-state index in [0.29, 0.717) is 0 Å². The van der Waals surface area contributed by atoms with E-state index in [0.717, 1.165) is 14.3 Å². The topological polar surface area (TPSA) is 0 Å². The zero-order valence-electron chi connectivity index (χ0n) is 27.2. The quantitative estimate of drug-likeness (QED) is 0.158. The zero-order valence-corrected chi connectivity index (χ0v) is 31.1. The summed E-state index contributed by atoms with van der Waals surface area (Å²) in [7, 11) is 12.5. The maximum atomic E-state index is 6.24. The van der Waals surface area contributed by atoms with Gasteiger partial charge in [-0.2, -0.15) is 6.07 Å². The van der Waals surface area contributed by atoms with Crippen molar-refractivity contribution in [1.82, 2.24) is 0 Å². The predicted octanol–water partition coefficient (Wildman–Crippen LogP) is 13.6. The average Bonchev–Trinajstić information content (AvgIpc) is 3.72. The number of benzene rings is 7. The van der Waals surface area contributed by atoms with Gasteiger partial charge in [-0.15, -0.1) is 74.3 Å². The summed E-state index contributed by atoms with van der Waals surface area (Å²) in [5, 5.41) is 10.7. The molecule has 0 aromatic heterocycles. The molecule has 0 aliphatic carbocycles. The van der Waals surface area contributed by atoms with Crippen molar-refractivity contribution >= 4 is 63.3 Å². The maximum absolute atomic E-state index is 6.24. The molecule has 0 N–H and O–H groups in total. The van der Waals surface area contributed by atoms with Gasteiger partial charge in [0.05, 0.1) is 0 Å². The van der Waals surface area contributed by atoms with Crippen LogP contribution in [0, 0.1) is 6.92 Å². The molecule has 0 bridgehead atoms. The Labute approximate surface area is 302 Å². The molecule has 0 aliphatic rings. The minimum atomic E-state index is -2.44. The van der Waals surface area contributed by atoms with Crippen molar-refractivity contribution in [1.29, 1.82) is 0 Å². The first-order valence-electron chi connectivity index (χ1n) is 16.4. The summed E-state index contributed by atoms with van der Waals surface area (Å²) in [4.78, 5) is 0. The molecule has 0 saturated heterocycles. The van der Waals surface area contributed by atoms with Crippen molar-refractivity contribution in [2.24, 2.45) is 0 Å². The molecule has 238 valence electrons. The third kappa shape index (κ3) is 7.46. The largest absolute Gasteiger partial charge is 0.126 e. The van der Waals surface area contributed by atoms with Gasteiger partial charge in [0.25, 0.3) is 0 Å². The normalized spacial score (nSPS) is 10.8. The zero-order chi connectivity index (χ0) is 33.6. The van der Waals surface area contributed by atoms with E-state index in [1.165, 1.54) is 59.8 Å². The summed E-state index contributed by atoms with van der Waals surface area (Å²) in [6.07, 6.45) is 0. The van der Waals surface area contributed by atoms with E-state index in [2.05, 4.69) is 159 Å². The summed E-state index contributed by atoms with van der Waals surface area (Å²) in [5.41, 5.74) is 6.26. The first-order chi connectivity index (χ1) is 24.1. The van der Waals surface area contributed by atoms with Gasteiger partial charge in [0, 0.05) is 0 Å². The Morgan fingerprint density at radius 3 is 1.45 bits per heavy atom. The number of aryl methyl sites for hydroxylation is 1. The van der Waals surface area contributed by atoms with Crippen molar-refractivity contribution in [3.05, 3.63) is 205 Å². The van der Waals surface area contributed by atoms with E-state index >= 15 is 0 Å². The Balaban J connectivity index is 0.000000119. The molecule has 9 aromatic rings. The van der Waals surface area contributed by atoms with Gasteiger partial charge in [-0.3, -0.25) is 0 Å². The van der Waals surface area contributed by atoms with Crippen LogP contribution >= 0.6 is 17.0 Å². The molecular formula is C46H34Cl2Zr-2. The summed E-state index contributed by atoms with van der Waals surface area (Å²) in [5.74, 6) is 0. The van der Waals surface area contributed by atoms with Gasteiger partial charge in [-0.05, 0) is 16.3 Å². The van der Waals surface area contributed by atoms with Crippen molar-refractivity contribution in [2.45, 2.75) is 6.92 Å². The standard InChI is InChI=1S/C20H15.C13H9.C13H10.2ClH.Zr/c1-14-12-16-8-5-11-19(20(16)13-14)18-10-4-7-15-6-2-3-9-17(15)18;1-3-7-12-10(5-1)9-11-6-2-4-8-13(11)12;1-3-7-12(8-4-1)11-13-9-5-2-6-10-13;;;/h2-13H,1H3;1-9H;1-10H;2*1H;/q2*-1;;;;+2/p-2. The Morgan fingerprint density at radius 2 is 0.857 bits per heavy atom. The van der Waals surface area contributed by atoms with E-state index in [1.807, 2.05) is 36.4 Å². The molecule has 0 unspecified atom stereocenters. The molecule has 0 radical (unpaired) electrons. The minimum Gasteiger partial charge on any atom is -0.126 e. The summed E-state index contributed by atoms with van der Waals surface area (Å²) < 4.78 is 1.15. The van der Waals surface area contributed by atoms with Crippen molar-refractivity contribution in [3.63, 3.8) is 0 Å². The maximum Gasteiger partial charge on any atom is -0.0771 e. The summed E-state index contributed by atoms with van der Waals surface area (Å²) in [6.45, 7) is 2.16. The molecule has 49 heavy (non-hydrogen) atoms. The molecule has 0 fully saturated rings. The van der Waals surface area contributed by atoms with Crippen molar-refractivity contribution in [3.8, 4) is 11.1 Å². The Bertz CT molecular complexity index is 2420. The smallest absolute Gasteiger partial charge is 0.0771 e. The Kier molecular flexibility index (Phi) is 10.4. The molecule has 0 aliphatic heterocycles. The van der Waals surface area contributed by atoms with E-state index in [9.17, 15) is 0 Å². The number of fused-ring (bicyclic) bond motifs is 5. The van der Waals surface area contributed by atoms with Crippen LogP contribution in [0.2, 0.25) is 0 Å². The van der Waals surface area contributed by atoms with E-state index < -0.39 is 18.9 Å². The van der Waals surface area contributed by atoms with Gasteiger partial charge in [-0.1, -0.05) is 97.4 Å². The molecule has 9 aromatic carbocycles. The molecule has 0 amide bonds. The Hall–Kier alpha value is -4.39. The van der Waals surface area contributed by atoms with Crippen LogP contribution in [0.3, 0.4) is 0 Å². The van der Waals surface area contributed by atoms with Gasteiger partial charge >= 0.3 is 111 Å². The number of hydrogen-bond acceptors (Lipinski definition) is 0. The second kappa shape index (κ2) is 15.4. The van der Waals surface area contributed by atoms with Crippen LogP contribution in [0.15, 0.2) is 188 Å². The summed E-state index contributed by atoms with van der Waals surface area (Å²) >= 11 is -2.44. The molecule has 3 heteroatoms. The van der Waals surface area contributed by atoms with Crippen LogP contribution < -0.4 is 0 Å². The van der Waals surface area contributed by atoms with E-state index in [1.54, 1.807) is 0 Å². The minimum absolute atomic E-state index is 1.15. The van der Waals surface area contributed by atoms with Gasteiger partial charge in [0.1, 0.15) is 0 Å². The van der Waals surface area contributed by atoms with Crippen molar-refractivity contribution < 1.29 is 18.9 Å². The molecule has 0 nitrogen and oxygen atoms in total. The Morgan fingerprint density at radius 1 is 0.429 bits per heavy atom. The fraction of sp³-hybridized carbons (Fsp3) is 0.0217. The van der Waals surface area contributed by atoms with Gasteiger partial charge in [0.15, 0.2) is 0 Å². The van der Waals surface area contributed by atoms with Crippen LogP contribution in [0.4, 0.5) is 0 Å². The van der Waals surface area contributed by atoms with Gasteiger partial charge in [0.2, 0.25) is 0 Å². The van der Waals surface area contributed by atoms with Gasteiger partial charge in [-0.25, -0.2) is 0 Å². The fourth-order valence-electron chi connectivity index (χ4n) is 6.58. The molecule has 0 saturated carbocycles. The second-order valence-electron chi connectivity index (χ2n) is 12.1. The van der Waals surface area contributed by atoms with Crippen LogP contribution in [0.1, 0.15) is 16.7 Å². The van der Waals surface area contributed by atoms with Crippen molar-refractivity contribution in [2.75, 3.05) is 0 Å². The predicted molar refractivity (Wildman–Crippen MR) is 212 cm³/mol. The van der Waals surface area contributed by atoms with E-state index in [4.69, 9.17) is 17.0 Å². The summed E-state index contributed by atoms with van der Waals surface area (Å²) in [6, 6.07) is 65.8. The second-order valence-corrected chi connectivity index (χ2v) is 20.2. The first-order valence-corrected chi connectivity index (χ1v) is 24.0.